The highest BCUT2D eigenvalue weighted by atomic mass is 35.5. The SMILES string of the molecule is C#Cc1ccc(N2CC(=O)N(Cc3ccc(Cl)cc3)[C@@]3(CCN(C(=O)CC)C3)C2=O)c(F)c1. The molecule has 3 amide bonds. The minimum atomic E-state index is -1.28. The molecule has 2 aliphatic heterocycles. The largest absolute Gasteiger partial charge is 0.340 e. The molecule has 0 aliphatic carbocycles. The van der Waals surface area contributed by atoms with Crippen LogP contribution in [0.15, 0.2) is 42.5 Å². The van der Waals surface area contributed by atoms with E-state index in [4.69, 9.17) is 18.0 Å². The van der Waals surface area contributed by atoms with Crippen LogP contribution < -0.4 is 4.90 Å². The number of carbonyl (C=O) groups excluding carboxylic acids is 3. The number of hydrogen-bond donors (Lipinski definition) is 0. The van der Waals surface area contributed by atoms with Crippen LogP contribution in [0.3, 0.4) is 0 Å². The summed E-state index contributed by atoms with van der Waals surface area (Å²) in [5.41, 5.74) is -0.139. The lowest BCUT2D eigenvalue weighted by Crippen LogP contribution is -2.69. The molecule has 4 rings (SSSR count). The van der Waals surface area contributed by atoms with Crippen LogP contribution in [0.4, 0.5) is 10.1 Å². The number of amides is 3. The smallest absolute Gasteiger partial charge is 0.255 e. The number of carbonyl (C=O) groups is 3. The van der Waals surface area contributed by atoms with E-state index in [-0.39, 0.29) is 43.6 Å². The molecular formula is C25H23ClFN3O3. The molecule has 2 aliphatic rings. The molecule has 170 valence electrons. The highest BCUT2D eigenvalue weighted by molar-refractivity contribution is 6.30. The fraction of sp³-hybridized carbons (Fsp3) is 0.320. The van der Waals surface area contributed by atoms with Gasteiger partial charge in [-0.1, -0.05) is 36.6 Å². The Morgan fingerprint density at radius 3 is 2.58 bits per heavy atom. The van der Waals surface area contributed by atoms with Crippen molar-refractivity contribution in [2.75, 3.05) is 24.5 Å². The maximum absolute atomic E-state index is 14.8. The summed E-state index contributed by atoms with van der Waals surface area (Å²) in [6.07, 6.45) is 5.91. The monoisotopic (exact) mass is 467 g/mol. The van der Waals surface area contributed by atoms with Gasteiger partial charge in [-0.05, 0) is 42.3 Å². The van der Waals surface area contributed by atoms with Gasteiger partial charge in [-0.2, -0.15) is 0 Å². The average Bonchev–Trinajstić information content (AvgIpc) is 3.26. The second-order valence-electron chi connectivity index (χ2n) is 8.26. The number of halogens is 2. The Morgan fingerprint density at radius 1 is 1.21 bits per heavy atom. The van der Waals surface area contributed by atoms with Gasteiger partial charge in [-0.15, -0.1) is 6.42 Å². The number of piperazine rings is 1. The predicted molar refractivity (Wildman–Crippen MR) is 123 cm³/mol. The van der Waals surface area contributed by atoms with Crippen LogP contribution in [-0.2, 0) is 20.9 Å². The van der Waals surface area contributed by atoms with Crippen molar-refractivity contribution in [1.82, 2.24) is 9.80 Å². The van der Waals surface area contributed by atoms with Gasteiger partial charge in [0.15, 0.2) is 0 Å². The Hall–Kier alpha value is -3.37. The highest BCUT2D eigenvalue weighted by Gasteiger charge is 2.57. The summed E-state index contributed by atoms with van der Waals surface area (Å²) in [5, 5.41) is 0.562. The molecule has 0 radical (unpaired) electrons. The summed E-state index contributed by atoms with van der Waals surface area (Å²) in [7, 11) is 0. The quantitative estimate of drug-likeness (QED) is 0.649. The Kier molecular flexibility index (Phi) is 6.13. The van der Waals surface area contributed by atoms with E-state index in [1.54, 1.807) is 36.1 Å². The molecule has 2 fully saturated rings. The molecule has 2 saturated heterocycles. The fourth-order valence-electron chi connectivity index (χ4n) is 4.54. The summed E-state index contributed by atoms with van der Waals surface area (Å²) in [6, 6.07) is 11.1. The normalized spacial score (nSPS) is 20.5. The van der Waals surface area contributed by atoms with Crippen molar-refractivity contribution in [2.45, 2.75) is 31.8 Å². The van der Waals surface area contributed by atoms with E-state index < -0.39 is 17.3 Å². The molecule has 0 bridgehead atoms. The third-order valence-electron chi connectivity index (χ3n) is 6.32. The standard InChI is InChI=1S/C25H23ClFN3O3/c1-3-17-7-10-21(20(27)13-17)29-15-23(32)30(14-18-5-8-19(26)9-6-18)25(24(29)33)11-12-28(16-25)22(31)4-2/h1,5-10,13H,4,11-12,14-16H2,2H3/t25-/m1/s1. The van der Waals surface area contributed by atoms with Crippen LogP contribution in [0.1, 0.15) is 30.9 Å². The zero-order chi connectivity index (χ0) is 23.8. The summed E-state index contributed by atoms with van der Waals surface area (Å²) >= 11 is 5.99. The number of rotatable bonds is 4. The molecule has 2 aromatic carbocycles. The van der Waals surface area contributed by atoms with E-state index >= 15 is 0 Å². The fourth-order valence-corrected chi connectivity index (χ4v) is 4.67. The lowest BCUT2D eigenvalue weighted by atomic mass is 9.89. The lowest BCUT2D eigenvalue weighted by molar-refractivity contribution is -0.151. The van der Waals surface area contributed by atoms with Crippen molar-refractivity contribution in [2.24, 2.45) is 0 Å². The minimum Gasteiger partial charge on any atom is -0.340 e. The number of anilines is 1. The van der Waals surface area contributed by atoms with Gasteiger partial charge in [0.1, 0.15) is 17.9 Å². The van der Waals surface area contributed by atoms with Crippen molar-refractivity contribution in [3.05, 3.63) is 64.4 Å². The number of benzene rings is 2. The zero-order valence-corrected chi connectivity index (χ0v) is 18.9. The Labute approximate surface area is 196 Å². The van der Waals surface area contributed by atoms with Crippen LogP contribution in [0, 0.1) is 18.2 Å². The average molecular weight is 468 g/mol. The maximum Gasteiger partial charge on any atom is 0.255 e. The van der Waals surface area contributed by atoms with Crippen LogP contribution in [0.2, 0.25) is 5.02 Å². The number of terminal acetylenes is 1. The van der Waals surface area contributed by atoms with Crippen molar-refractivity contribution in [1.29, 1.82) is 0 Å². The molecule has 0 aromatic heterocycles. The maximum atomic E-state index is 14.8. The molecule has 2 heterocycles. The van der Waals surface area contributed by atoms with Crippen LogP contribution in [-0.4, -0.2) is 52.7 Å². The van der Waals surface area contributed by atoms with Gasteiger partial charge in [0.05, 0.1) is 12.2 Å². The second kappa shape index (κ2) is 8.87. The molecule has 2 aromatic rings. The van der Waals surface area contributed by atoms with Crippen molar-refractivity contribution >= 4 is 35.0 Å². The first kappa shape index (κ1) is 22.8. The first-order valence-corrected chi connectivity index (χ1v) is 11.1. The van der Waals surface area contributed by atoms with Crippen molar-refractivity contribution < 1.29 is 18.8 Å². The van der Waals surface area contributed by atoms with Gasteiger partial charge in [-0.3, -0.25) is 19.3 Å². The van der Waals surface area contributed by atoms with E-state index in [2.05, 4.69) is 5.92 Å². The van der Waals surface area contributed by atoms with Crippen LogP contribution >= 0.6 is 11.6 Å². The first-order valence-electron chi connectivity index (χ1n) is 10.7. The zero-order valence-electron chi connectivity index (χ0n) is 18.2. The minimum absolute atomic E-state index is 0.00173. The first-order chi connectivity index (χ1) is 15.8. The van der Waals surface area contributed by atoms with Crippen molar-refractivity contribution in [3.63, 3.8) is 0 Å². The Balaban J connectivity index is 1.74. The third kappa shape index (κ3) is 4.07. The van der Waals surface area contributed by atoms with Gasteiger partial charge in [0, 0.05) is 30.1 Å². The Morgan fingerprint density at radius 2 is 1.94 bits per heavy atom. The summed E-state index contributed by atoms with van der Waals surface area (Å²) < 4.78 is 14.8. The molecule has 0 unspecified atom stereocenters. The third-order valence-corrected chi connectivity index (χ3v) is 6.57. The molecule has 1 atom stereocenters. The molecule has 6 nitrogen and oxygen atoms in total. The van der Waals surface area contributed by atoms with Gasteiger partial charge in [0.25, 0.3) is 5.91 Å². The van der Waals surface area contributed by atoms with Gasteiger partial charge in [-0.25, -0.2) is 4.39 Å². The van der Waals surface area contributed by atoms with E-state index in [9.17, 15) is 18.8 Å². The summed E-state index contributed by atoms with van der Waals surface area (Å²) in [5.74, 6) is 0.856. The molecule has 8 heteroatoms. The predicted octanol–water partition coefficient (Wildman–Crippen LogP) is 3.22. The molecule has 1 spiro atoms. The van der Waals surface area contributed by atoms with Crippen LogP contribution in [0.5, 0.6) is 0 Å². The Bertz CT molecular complexity index is 1160. The molecular weight excluding hydrogens is 445 g/mol. The van der Waals surface area contributed by atoms with Gasteiger partial charge < -0.3 is 9.80 Å². The van der Waals surface area contributed by atoms with E-state index in [0.717, 1.165) is 5.56 Å². The lowest BCUT2D eigenvalue weighted by Gasteiger charge is -2.47. The van der Waals surface area contributed by atoms with Crippen molar-refractivity contribution in [3.8, 4) is 12.3 Å². The van der Waals surface area contributed by atoms with E-state index in [1.807, 2.05) is 0 Å². The molecule has 0 N–H and O–H groups in total. The van der Waals surface area contributed by atoms with E-state index in [0.29, 0.717) is 23.6 Å². The summed E-state index contributed by atoms with van der Waals surface area (Å²) in [4.78, 5) is 44.0. The number of hydrogen-bond acceptors (Lipinski definition) is 3. The highest BCUT2D eigenvalue weighted by Crippen LogP contribution is 2.37. The molecule has 0 saturated carbocycles. The van der Waals surface area contributed by atoms with Crippen LogP contribution in [0.25, 0.3) is 0 Å². The topological polar surface area (TPSA) is 60.9 Å². The number of likely N-dealkylation sites (tertiary alicyclic amines) is 1. The van der Waals surface area contributed by atoms with E-state index in [1.165, 1.54) is 28.0 Å². The molecule has 33 heavy (non-hydrogen) atoms. The second-order valence-corrected chi connectivity index (χ2v) is 8.70. The van der Waals surface area contributed by atoms with Gasteiger partial charge >= 0.3 is 0 Å². The van der Waals surface area contributed by atoms with Gasteiger partial charge in [0.2, 0.25) is 11.8 Å². The summed E-state index contributed by atoms with van der Waals surface area (Å²) in [6.45, 7) is 2.04. The number of nitrogens with zero attached hydrogens (tertiary/aromatic N) is 3.